The van der Waals surface area contributed by atoms with Gasteiger partial charge < -0.3 is 10.1 Å². The van der Waals surface area contributed by atoms with Gasteiger partial charge in [-0.05, 0) is 55.0 Å². The molecule has 0 fully saturated rings. The molecule has 1 N–H and O–H groups in total. The lowest BCUT2D eigenvalue weighted by Gasteiger charge is -2.23. The number of ether oxygens (including phenoxy) is 1. The van der Waals surface area contributed by atoms with Crippen molar-refractivity contribution in [3.05, 3.63) is 51.7 Å². The van der Waals surface area contributed by atoms with Gasteiger partial charge in [0.2, 0.25) is 0 Å². The molecule has 0 radical (unpaired) electrons. The third kappa shape index (κ3) is 3.41. The zero-order valence-electron chi connectivity index (χ0n) is 12.6. The van der Waals surface area contributed by atoms with Gasteiger partial charge in [0.1, 0.15) is 5.75 Å². The molecule has 108 valence electrons. The zero-order valence-corrected chi connectivity index (χ0v) is 13.5. The number of methoxy groups -OCH3 is 1. The molecule has 2 aromatic rings. The highest BCUT2D eigenvalue weighted by Crippen LogP contribution is 2.28. The molecule has 0 aliphatic heterocycles. The predicted octanol–water partition coefficient (Wildman–Crippen LogP) is 4.87. The number of hydrogen-bond acceptors (Lipinski definition) is 3. The Hall–Kier alpha value is -1.32. The Morgan fingerprint density at radius 3 is 2.40 bits per heavy atom. The summed E-state index contributed by atoms with van der Waals surface area (Å²) in [6, 6.07) is 11.3. The molecule has 0 amide bonds. The zero-order chi connectivity index (χ0) is 14.5. The molecule has 2 rings (SSSR count). The van der Waals surface area contributed by atoms with E-state index in [1.54, 1.807) is 7.11 Å². The first-order valence-corrected chi connectivity index (χ1v) is 7.97. The molecule has 2 atom stereocenters. The number of nitrogens with one attached hydrogen (secondary N) is 1. The number of rotatable bonds is 6. The fourth-order valence-corrected chi connectivity index (χ4v) is 3.44. The molecular weight excluding hydrogens is 266 g/mol. The minimum Gasteiger partial charge on any atom is -0.497 e. The van der Waals surface area contributed by atoms with Crippen LogP contribution in [0.5, 0.6) is 5.75 Å². The molecule has 1 aromatic carbocycles. The highest BCUT2D eigenvalue weighted by atomic mass is 32.1. The van der Waals surface area contributed by atoms with Gasteiger partial charge in [-0.2, -0.15) is 0 Å². The minimum absolute atomic E-state index is 0.373. The van der Waals surface area contributed by atoms with Crippen LogP contribution in [0.3, 0.4) is 0 Å². The van der Waals surface area contributed by atoms with Gasteiger partial charge >= 0.3 is 0 Å². The van der Waals surface area contributed by atoms with Gasteiger partial charge in [0.25, 0.3) is 0 Å². The normalized spacial score (nSPS) is 14.0. The molecule has 2 unspecified atom stereocenters. The first-order valence-electron chi connectivity index (χ1n) is 7.09. The summed E-state index contributed by atoms with van der Waals surface area (Å²) in [5.41, 5.74) is 2.69. The van der Waals surface area contributed by atoms with Crippen molar-refractivity contribution in [1.82, 2.24) is 5.32 Å². The van der Waals surface area contributed by atoms with Crippen molar-refractivity contribution in [2.24, 2.45) is 0 Å². The fourth-order valence-electron chi connectivity index (χ4n) is 2.49. The Morgan fingerprint density at radius 1 is 1.20 bits per heavy atom. The summed E-state index contributed by atoms with van der Waals surface area (Å²) in [7, 11) is 1.70. The first kappa shape index (κ1) is 15.1. The van der Waals surface area contributed by atoms with E-state index in [9.17, 15) is 0 Å². The Kier molecular flexibility index (Phi) is 5.21. The fraction of sp³-hybridized carbons (Fsp3) is 0.412. The monoisotopic (exact) mass is 289 g/mol. The van der Waals surface area contributed by atoms with E-state index in [2.05, 4.69) is 49.7 Å². The molecular formula is C17H23NOS. The number of thiophene rings is 1. The van der Waals surface area contributed by atoms with Gasteiger partial charge in [-0.25, -0.2) is 0 Å². The molecule has 0 aliphatic rings. The summed E-state index contributed by atoms with van der Waals surface area (Å²) in [6.45, 7) is 6.64. The van der Waals surface area contributed by atoms with E-state index in [0.29, 0.717) is 12.1 Å². The van der Waals surface area contributed by atoms with Crippen LogP contribution in [0.2, 0.25) is 0 Å². The summed E-state index contributed by atoms with van der Waals surface area (Å²) >= 11 is 1.83. The Bertz CT molecular complexity index is 532. The quantitative estimate of drug-likeness (QED) is 0.819. The van der Waals surface area contributed by atoms with Crippen molar-refractivity contribution in [3.8, 4) is 5.75 Å². The highest BCUT2D eigenvalue weighted by molar-refractivity contribution is 7.10. The van der Waals surface area contributed by atoms with Gasteiger partial charge in [0.15, 0.2) is 0 Å². The third-order valence-electron chi connectivity index (χ3n) is 3.67. The minimum atomic E-state index is 0.373. The van der Waals surface area contributed by atoms with Gasteiger partial charge in [-0.15, -0.1) is 11.3 Å². The predicted molar refractivity (Wildman–Crippen MR) is 86.6 cm³/mol. The van der Waals surface area contributed by atoms with Crippen LogP contribution in [0, 0.1) is 6.92 Å². The van der Waals surface area contributed by atoms with Crippen LogP contribution >= 0.6 is 11.3 Å². The maximum Gasteiger partial charge on any atom is 0.118 e. The number of hydrogen-bond donors (Lipinski definition) is 1. The lowest BCUT2D eigenvalue weighted by atomic mass is 10.0. The molecule has 1 heterocycles. The average Bonchev–Trinajstić information content (AvgIpc) is 2.91. The average molecular weight is 289 g/mol. The van der Waals surface area contributed by atoms with E-state index in [0.717, 1.165) is 12.2 Å². The van der Waals surface area contributed by atoms with E-state index in [1.165, 1.54) is 16.0 Å². The lowest BCUT2D eigenvalue weighted by Crippen LogP contribution is -2.24. The van der Waals surface area contributed by atoms with Crippen LogP contribution in [0.4, 0.5) is 0 Å². The Labute approximate surface area is 125 Å². The third-order valence-corrected chi connectivity index (χ3v) is 4.87. The molecule has 0 saturated heterocycles. The SMILES string of the molecule is CCC(NC(C)c1sccc1C)c1ccc(OC)cc1. The number of aryl methyl sites for hydroxylation is 1. The summed E-state index contributed by atoms with van der Waals surface area (Å²) < 4.78 is 5.22. The summed E-state index contributed by atoms with van der Waals surface area (Å²) in [5.74, 6) is 0.908. The van der Waals surface area contributed by atoms with Gasteiger partial charge in [-0.1, -0.05) is 19.1 Å². The topological polar surface area (TPSA) is 21.3 Å². The highest BCUT2D eigenvalue weighted by Gasteiger charge is 2.16. The van der Waals surface area contributed by atoms with Crippen LogP contribution in [-0.2, 0) is 0 Å². The Balaban J connectivity index is 2.10. The van der Waals surface area contributed by atoms with Crippen molar-refractivity contribution >= 4 is 11.3 Å². The van der Waals surface area contributed by atoms with Crippen molar-refractivity contribution in [3.63, 3.8) is 0 Å². The van der Waals surface area contributed by atoms with E-state index in [4.69, 9.17) is 4.74 Å². The van der Waals surface area contributed by atoms with Crippen molar-refractivity contribution in [1.29, 1.82) is 0 Å². The Morgan fingerprint density at radius 2 is 1.90 bits per heavy atom. The van der Waals surface area contributed by atoms with Crippen LogP contribution in [0.25, 0.3) is 0 Å². The van der Waals surface area contributed by atoms with E-state index >= 15 is 0 Å². The van der Waals surface area contributed by atoms with Crippen LogP contribution in [0.1, 0.15) is 48.4 Å². The maximum absolute atomic E-state index is 5.22. The smallest absolute Gasteiger partial charge is 0.118 e. The summed E-state index contributed by atoms with van der Waals surface area (Å²) in [5, 5.41) is 5.90. The molecule has 2 nitrogen and oxygen atoms in total. The molecule has 3 heteroatoms. The van der Waals surface area contributed by atoms with Gasteiger partial charge in [0.05, 0.1) is 7.11 Å². The van der Waals surface area contributed by atoms with E-state index in [-0.39, 0.29) is 0 Å². The molecule has 0 saturated carbocycles. The number of benzene rings is 1. The van der Waals surface area contributed by atoms with Crippen molar-refractivity contribution < 1.29 is 4.74 Å². The second-order valence-electron chi connectivity index (χ2n) is 5.09. The van der Waals surface area contributed by atoms with Crippen molar-refractivity contribution in [2.75, 3.05) is 7.11 Å². The molecule has 1 aromatic heterocycles. The second kappa shape index (κ2) is 6.91. The summed E-state index contributed by atoms with van der Waals surface area (Å²) in [6.07, 6.45) is 1.07. The van der Waals surface area contributed by atoms with Crippen LogP contribution in [0.15, 0.2) is 35.7 Å². The van der Waals surface area contributed by atoms with Crippen LogP contribution < -0.4 is 10.1 Å². The van der Waals surface area contributed by atoms with Gasteiger partial charge in [-0.3, -0.25) is 0 Å². The van der Waals surface area contributed by atoms with Crippen LogP contribution in [-0.4, -0.2) is 7.11 Å². The van der Waals surface area contributed by atoms with E-state index in [1.807, 2.05) is 23.5 Å². The molecule has 0 bridgehead atoms. The summed E-state index contributed by atoms with van der Waals surface area (Å²) in [4.78, 5) is 1.43. The lowest BCUT2D eigenvalue weighted by molar-refractivity contribution is 0.413. The van der Waals surface area contributed by atoms with Crippen molar-refractivity contribution in [2.45, 2.75) is 39.3 Å². The molecule has 0 spiro atoms. The van der Waals surface area contributed by atoms with E-state index < -0.39 is 0 Å². The second-order valence-corrected chi connectivity index (χ2v) is 6.04. The first-order chi connectivity index (χ1) is 9.65. The standard InChI is InChI=1S/C17H23NOS/c1-5-16(14-6-8-15(19-4)9-7-14)18-13(3)17-12(2)10-11-20-17/h6-11,13,16,18H,5H2,1-4H3. The largest absolute Gasteiger partial charge is 0.497 e. The molecule has 0 aliphatic carbocycles. The maximum atomic E-state index is 5.22. The molecule has 20 heavy (non-hydrogen) atoms. The van der Waals surface area contributed by atoms with Gasteiger partial charge in [0, 0.05) is 17.0 Å².